The first-order valence-electron chi connectivity index (χ1n) is 17.4. The van der Waals surface area contributed by atoms with Crippen LogP contribution in [0.3, 0.4) is 0 Å². The zero-order valence-corrected chi connectivity index (χ0v) is 35.4. The van der Waals surface area contributed by atoms with Crippen LogP contribution in [0.1, 0.15) is 41.5 Å². The molecule has 0 rings (SSSR count). The molecule has 21 nitrogen and oxygen atoms in total. The smallest absolute Gasteiger partial charge is 0.241 e. The average molecular weight is 794 g/mol. The third kappa shape index (κ3) is 55.7. The largest absolute Gasteiger partial charge is 0.368 e. The van der Waals surface area contributed by atoms with Crippen LogP contribution in [0, 0.1) is 0 Å². The van der Waals surface area contributed by atoms with Gasteiger partial charge in [-0.15, -0.1) is 0 Å². The molecule has 6 N–H and O–H groups in total. The number of nitrogens with one attached hydrogen (secondary N) is 4. The van der Waals surface area contributed by atoms with Crippen molar-refractivity contribution in [3.05, 3.63) is 0 Å². The van der Waals surface area contributed by atoms with Crippen LogP contribution in [-0.2, 0) is 47.9 Å². The molecule has 0 bridgehead atoms. The fraction of sp³-hybridized carbons (Fsp3) is 0.706. The molecule has 21 heteroatoms. The number of rotatable bonds is 21. The second-order valence-electron chi connectivity index (χ2n) is 11.6. The summed E-state index contributed by atoms with van der Waals surface area (Å²) in [5.41, 5.74) is 4.62. The predicted molar refractivity (Wildman–Crippen MR) is 211 cm³/mol. The number of hydrogen-bond acceptors (Lipinski definition) is 12. The summed E-state index contributed by atoms with van der Waals surface area (Å²) in [6.07, 6.45) is 3.06. The van der Waals surface area contributed by atoms with Gasteiger partial charge in [0.25, 0.3) is 0 Å². The number of carbonyl (C=O) groups is 10. The maximum Gasteiger partial charge on any atom is 0.241 e. The van der Waals surface area contributed by atoms with E-state index < -0.39 is 5.91 Å². The lowest BCUT2D eigenvalue weighted by molar-refractivity contribution is -0.133. The molecule has 0 saturated carbocycles. The molecule has 322 valence electrons. The van der Waals surface area contributed by atoms with Crippen molar-refractivity contribution in [2.45, 2.75) is 47.6 Å². The SMILES string of the molecule is CC(C)NCC=O.CCN(C)C(=O)CN(C)C.CCN(C)C(=O)CN(C)C=O.CCN(C)C(=O)CNC=O.CCNC(=O)CN(C)C=O.NC(=O)CNC=O. The van der Waals surface area contributed by atoms with Crippen LogP contribution >= 0.6 is 0 Å². The van der Waals surface area contributed by atoms with Gasteiger partial charge in [-0.2, -0.15) is 0 Å². The van der Waals surface area contributed by atoms with Gasteiger partial charge in [-0.3, -0.25) is 43.2 Å². The van der Waals surface area contributed by atoms with E-state index in [1.807, 2.05) is 67.6 Å². The predicted octanol–water partition coefficient (Wildman–Crippen LogP) is -3.60. The van der Waals surface area contributed by atoms with Gasteiger partial charge in [0.05, 0.1) is 39.3 Å². The molecule has 0 aliphatic rings. The minimum absolute atomic E-state index is 0.0397. The summed E-state index contributed by atoms with van der Waals surface area (Å²) >= 11 is 0. The molecule has 0 atom stereocenters. The lowest BCUT2D eigenvalue weighted by Crippen LogP contribution is -2.35. The molecule has 0 aromatic carbocycles. The second-order valence-corrected chi connectivity index (χ2v) is 11.6. The van der Waals surface area contributed by atoms with Crippen molar-refractivity contribution in [2.75, 3.05) is 115 Å². The van der Waals surface area contributed by atoms with E-state index in [4.69, 9.17) is 0 Å². The Morgan fingerprint density at radius 3 is 1.29 bits per heavy atom. The van der Waals surface area contributed by atoms with Crippen LogP contribution in [-0.4, -0.2) is 212 Å². The highest BCUT2D eigenvalue weighted by Gasteiger charge is 2.08. The molecule has 0 aliphatic carbocycles. The Bertz CT molecular complexity index is 1050. The molecule has 0 heterocycles. The normalized spacial score (nSPS) is 8.93. The van der Waals surface area contributed by atoms with E-state index in [0.29, 0.717) is 64.4 Å². The van der Waals surface area contributed by atoms with Gasteiger partial charge in [-0.1, -0.05) is 13.8 Å². The third-order valence-electron chi connectivity index (χ3n) is 5.97. The van der Waals surface area contributed by atoms with Crippen molar-refractivity contribution >= 4 is 61.5 Å². The number of nitrogens with zero attached hydrogens (tertiary/aromatic N) is 6. The van der Waals surface area contributed by atoms with Crippen molar-refractivity contribution in [3.63, 3.8) is 0 Å². The standard InChI is InChI=1S/C7H14N2O2.C7H16N2O.2C6H12N2O2.C5H11NO.C3H6N2O2/c1-4-9(3)7(11)5-8(2)6-10;1-5-9(4)7(10)6-8(2)3;1-3-8(2)6(10)4-7-5-9;1-3-7-6(10)4-8(2)5-9;1-5(2)6-3-4-7;4-3(7)1-5-2-6/h6H,4-5H2,1-3H3;5-6H2,1-4H3;5H,3-4H2,1-2H3,(H,7,9);5H,3-4H2,1-2H3,(H,7,10);4-6H,3H2,1-2H3;2H,1H2,(H2,4,7)(H,5,6). The van der Waals surface area contributed by atoms with Gasteiger partial charge in [0.2, 0.25) is 55.2 Å². The Hall–Kier alpha value is -5.18. The summed E-state index contributed by atoms with van der Waals surface area (Å²) in [7, 11) is 12.1. The number of carbonyl (C=O) groups excluding carboxylic acids is 10. The van der Waals surface area contributed by atoms with E-state index in [2.05, 4.69) is 27.0 Å². The lowest BCUT2D eigenvalue weighted by Gasteiger charge is -2.17. The quantitative estimate of drug-likeness (QED) is 0.0707. The molecule has 55 heavy (non-hydrogen) atoms. The molecular weight excluding hydrogens is 722 g/mol. The van der Waals surface area contributed by atoms with E-state index >= 15 is 0 Å². The monoisotopic (exact) mass is 794 g/mol. The highest BCUT2D eigenvalue weighted by Crippen LogP contribution is 1.86. The van der Waals surface area contributed by atoms with Gasteiger partial charge in [-0.25, -0.2) is 0 Å². The van der Waals surface area contributed by atoms with Crippen LogP contribution in [0.25, 0.3) is 0 Å². The molecule has 0 radical (unpaired) electrons. The zero-order valence-electron chi connectivity index (χ0n) is 35.4. The number of amides is 9. The van der Waals surface area contributed by atoms with E-state index in [0.717, 1.165) is 12.8 Å². The summed E-state index contributed by atoms with van der Waals surface area (Å²) in [4.78, 5) is 112. The Balaban J connectivity index is -0.000000132. The maximum atomic E-state index is 11.1. The van der Waals surface area contributed by atoms with Crippen molar-refractivity contribution in [1.82, 2.24) is 50.7 Å². The van der Waals surface area contributed by atoms with Gasteiger partial charge < -0.3 is 61.2 Å². The first kappa shape index (κ1) is 61.8. The molecule has 0 saturated heterocycles. The van der Waals surface area contributed by atoms with Gasteiger partial charge in [-0.05, 0) is 41.8 Å². The van der Waals surface area contributed by atoms with E-state index in [9.17, 15) is 47.9 Å². The van der Waals surface area contributed by atoms with Crippen LogP contribution in [0.15, 0.2) is 0 Å². The summed E-state index contributed by atoms with van der Waals surface area (Å²) < 4.78 is 0. The van der Waals surface area contributed by atoms with Gasteiger partial charge >= 0.3 is 0 Å². The summed E-state index contributed by atoms with van der Waals surface area (Å²) in [5, 5.41) is 9.88. The maximum absolute atomic E-state index is 11.1. The molecule has 0 unspecified atom stereocenters. The van der Waals surface area contributed by atoms with Crippen LogP contribution in [0.2, 0.25) is 0 Å². The molecule has 0 fully saturated rings. The third-order valence-corrected chi connectivity index (χ3v) is 5.97. The first-order valence-corrected chi connectivity index (χ1v) is 17.4. The van der Waals surface area contributed by atoms with Crippen LogP contribution in [0.4, 0.5) is 0 Å². The number of likely N-dealkylation sites (N-methyl/N-ethyl adjacent to an activating group) is 7. The van der Waals surface area contributed by atoms with Crippen LogP contribution in [0.5, 0.6) is 0 Å². The minimum atomic E-state index is -0.535. The van der Waals surface area contributed by atoms with Crippen molar-refractivity contribution in [2.24, 2.45) is 5.73 Å². The summed E-state index contributed by atoms with van der Waals surface area (Å²) in [6.45, 7) is 15.6. The summed E-state index contributed by atoms with van der Waals surface area (Å²) in [6, 6.07) is 0.421. The fourth-order valence-electron chi connectivity index (χ4n) is 2.50. The van der Waals surface area contributed by atoms with Crippen molar-refractivity contribution < 1.29 is 47.9 Å². The Kier molecular flexibility index (Phi) is 50.6. The number of nitrogens with two attached hydrogens (primary N) is 1. The van der Waals surface area contributed by atoms with Gasteiger partial charge in [0.1, 0.15) is 6.29 Å². The number of aldehydes is 1. The first-order chi connectivity index (χ1) is 25.6. The van der Waals surface area contributed by atoms with Gasteiger partial charge in [0.15, 0.2) is 0 Å². The zero-order chi connectivity index (χ0) is 44.4. The van der Waals surface area contributed by atoms with E-state index in [-0.39, 0.29) is 49.8 Å². The van der Waals surface area contributed by atoms with Crippen molar-refractivity contribution in [1.29, 1.82) is 0 Å². The lowest BCUT2D eigenvalue weighted by atomic mass is 10.4. The molecular formula is C34H71N11O10. The molecule has 9 amide bonds. The molecule has 0 aliphatic heterocycles. The molecule has 0 aromatic rings. The minimum Gasteiger partial charge on any atom is -0.368 e. The fourth-order valence-corrected chi connectivity index (χ4v) is 2.50. The Morgan fingerprint density at radius 1 is 0.600 bits per heavy atom. The van der Waals surface area contributed by atoms with Crippen LogP contribution < -0.4 is 27.0 Å². The Morgan fingerprint density at radius 2 is 1.00 bits per heavy atom. The topological polar surface area (TPSA) is 264 Å². The highest BCUT2D eigenvalue weighted by atomic mass is 16.2. The van der Waals surface area contributed by atoms with Crippen molar-refractivity contribution in [3.8, 4) is 0 Å². The van der Waals surface area contributed by atoms with E-state index in [1.165, 1.54) is 14.7 Å². The number of hydrogen-bond donors (Lipinski definition) is 5. The molecule has 0 spiro atoms. The van der Waals surface area contributed by atoms with E-state index in [1.54, 1.807) is 38.0 Å². The average Bonchev–Trinajstić information content (AvgIpc) is 3.14. The summed E-state index contributed by atoms with van der Waals surface area (Å²) in [5.74, 6) is -0.603. The Labute approximate surface area is 328 Å². The second kappa shape index (κ2) is 45.0. The highest BCUT2D eigenvalue weighted by molar-refractivity contribution is 5.80. The van der Waals surface area contributed by atoms with Gasteiger partial charge in [0, 0.05) is 67.5 Å². The number of primary amides is 1. The molecule has 0 aromatic heterocycles.